The third-order valence-electron chi connectivity index (χ3n) is 6.55. The number of nitrogens with one attached hydrogen (secondary N) is 1. The van der Waals surface area contributed by atoms with Crippen LogP contribution in [0.5, 0.6) is 5.75 Å². The van der Waals surface area contributed by atoms with Crippen molar-refractivity contribution in [3.05, 3.63) is 88.4 Å². The molecule has 3 rings (SSSR count). The molecule has 2 atom stereocenters. The van der Waals surface area contributed by atoms with Crippen molar-refractivity contribution in [2.24, 2.45) is 0 Å². The van der Waals surface area contributed by atoms with Crippen LogP contribution >= 0.6 is 23.2 Å². The van der Waals surface area contributed by atoms with Crippen molar-refractivity contribution >= 4 is 50.7 Å². The van der Waals surface area contributed by atoms with Crippen LogP contribution in [0.3, 0.4) is 0 Å². The van der Waals surface area contributed by atoms with E-state index in [2.05, 4.69) is 5.32 Å². The summed E-state index contributed by atoms with van der Waals surface area (Å²) in [5.74, 6) is -0.619. The van der Waals surface area contributed by atoms with Gasteiger partial charge in [-0.2, -0.15) is 0 Å². The summed E-state index contributed by atoms with van der Waals surface area (Å²) in [4.78, 5) is 28.5. The molecule has 0 radical (unpaired) electrons. The smallest absolute Gasteiger partial charge is 0.264 e. The molecule has 0 spiro atoms. The van der Waals surface area contributed by atoms with Crippen LogP contribution in [0, 0.1) is 0 Å². The van der Waals surface area contributed by atoms with Gasteiger partial charge in [0.1, 0.15) is 18.3 Å². The van der Waals surface area contributed by atoms with E-state index in [0.717, 1.165) is 9.87 Å². The lowest BCUT2D eigenvalue weighted by atomic mass is 10.1. The number of benzene rings is 3. The summed E-state index contributed by atoms with van der Waals surface area (Å²) in [6, 6.07) is 18.2. The molecule has 0 aliphatic heterocycles. The fraction of sp³-hybridized carbons (Fsp3) is 0.333. The number of halogens is 2. The maximum atomic E-state index is 14.1. The van der Waals surface area contributed by atoms with E-state index in [1.807, 2.05) is 13.8 Å². The first kappa shape index (κ1) is 32.2. The summed E-state index contributed by atoms with van der Waals surface area (Å²) in [5.41, 5.74) is 0.925. The number of carbonyl (C=O) groups excluding carboxylic acids is 2. The minimum absolute atomic E-state index is 0.0483. The van der Waals surface area contributed by atoms with Crippen molar-refractivity contribution in [2.75, 3.05) is 17.5 Å². The summed E-state index contributed by atoms with van der Waals surface area (Å²) in [6.07, 6.45) is 0.713. The fourth-order valence-electron chi connectivity index (χ4n) is 4.02. The van der Waals surface area contributed by atoms with Crippen molar-refractivity contribution in [2.45, 2.75) is 57.6 Å². The van der Waals surface area contributed by atoms with Crippen LogP contribution in [-0.4, -0.2) is 50.4 Å². The molecule has 0 bridgehead atoms. The Labute approximate surface area is 252 Å². The molecule has 0 aromatic heterocycles. The second-order valence-corrected chi connectivity index (χ2v) is 12.2. The number of para-hydroxylation sites is 2. The number of nitrogens with zero attached hydrogens (tertiary/aromatic N) is 2. The van der Waals surface area contributed by atoms with Gasteiger partial charge in [0.2, 0.25) is 11.8 Å². The quantitative estimate of drug-likeness (QED) is 0.256. The number of hydrogen-bond donors (Lipinski definition) is 1. The third-order valence-corrected chi connectivity index (χ3v) is 8.83. The average molecular weight is 621 g/mol. The van der Waals surface area contributed by atoms with E-state index < -0.39 is 28.5 Å². The van der Waals surface area contributed by atoms with Gasteiger partial charge in [-0.05, 0) is 81.3 Å². The van der Waals surface area contributed by atoms with Crippen molar-refractivity contribution < 1.29 is 22.7 Å². The summed E-state index contributed by atoms with van der Waals surface area (Å²) in [6.45, 7) is 7.00. The van der Waals surface area contributed by atoms with Crippen molar-refractivity contribution in [3.8, 4) is 5.75 Å². The van der Waals surface area contributed by atoms with Crippen LogP contribution in [0.2, 0.25) is 10.0 Å². The van der Waals surface area contributed by atoms with E-state index in [1.165, 1.54) is 29.2 Å². The number of carbonyl (C=O) groups is 2. The summed E-state index contributed by atoms with van der Waals surface area (Å²) in [5, 5.41) is 3.81. The summed E-state index contributed by atoms with van der Waals surface area (Å²) >= 11 is 12.1. The highest BCUT2D eigenvalue weighted by Crippen LogP contribution is 2.33. The fourth-order valence-corrected chi connectivity index (χ4v) is 5.70. The number of amides is 2. The molecular weight excluding hydrogens is 585 g/mol. The molecule has 1 N–H and O–H groups in total. The topological polar surface area (TPSA) is 96.0 Å². The van der Waals surface area contributed by atoms with E-state index in [-0.39, 0.29) is 35.7 Å². The maximum absolute atomic E-state index is 14.1. The minimum atomic E-state index is -4.26. The van der Waals surface area contributed by atoms with Gasteiger partial charge in [-0.15, -0.1) is 0 Å². The predicted octanol–water partition coefficient (Wildman–Crippen LogP) is 5.92. The zero-order chi connectivity index (χ0) is 30.2. The Morgan fingerprint density at radius 1 is 0.902 bits per heavy atom. The van der Waals surface area contributed by atoms with Crippen LogP contribution < -0.4 is 14.4 Å². The van der Waals surface area contributed by atoms with Gasteiger partial charge in [-0.3, -0.25) is 13.9 Å². The minimum Gasteiger partial charge on any atom is -0.492 e. The van der Waals surface area contributed by atoms with Crippen LogP contribution in [-0.2, 0) is 26.2 Å². The SMILES string of the molecule is CCOc1ccccc1N(CC(=O)N(Cc1ccc(Cl)cc1)C(C)C(=O)NC(C)CC)S(=O)(=O)c1ccc(Cl)cc1. The van der Waals surface area contributed by atoms with Gasteiger partial charge < -0.3 is 15.0 Å². The maximum Gasteiger partial charge on any atom is 0.264 e. The highest BCUT2D eigenvalue weighted by atomic mass is 35.5. The Hall–Kier alpha value is -3.27. The predicted molar refractivity (Wildman–Crippen MR) is 163 cm³/mol. The molecule has 2 unspecified atom stereocenters. The second kappa shape index (κ2) is 14.6. The second-order valence-electron chi connectivity index (χ2n) is 9.51. The van der Waals surface area contributed by atoms with Gasteiger partial charge in [0.25, 0.3) is 10.0 Å². The zero-order valence-corrected chi connectivity index (χ0v) is 25.8. The molecule has 41 heavy (non-hydrogen) atoms. The van der Waals surface area contributed by atoms with Gasteiger partial charge in [-0.25, -0.2) is 8.42 Å². The van der Waals surface area contributed by atoms with Gasteiger partial charge >= 0.3 is 0 Å². The van der Waals surface area contributed by atoms with Crippen molar-refractivity contribution in [1.82, 2.24) is 10.2 Å². The monoisotopic (exact) mass is 619 g/mol. The first-order valence-electron chi connectivity index (χ1n) is 13.3. The first-order valence-corrected chi connectivity index (χ1v) is 15.5. The lowest BCUT2D eigenvalue weighted by molar-refractivity contribution is -0.139. The molecule has 0 aliphatic carbocycles. The van der Waals surface area contributed by atoms with E-state index in [1.54, 1.807) is 62.4 Å². The molecule has 3 aromatic rings. The third kappa shape index (κ3) is 8.38. The van der Waals surface area contributed by atoms with Crippen LogP contribution in [0.15, 0.2) is 77.7 Å². The zero-order valence-electron chi connectivity index (χ0n) is 23.5. The Balaban J connectivity index is 2.07. The van der Waals surface area contributed by atoms with Crippen LogP contribution in [0.25, 0.3) is 0 Å². The van der Waals surface area contributed by atoms with Crippen molar-refractivity contribution in [3.63, 3.8) is 0 Å². The number of rotatable bonds is 13. The number of ether oxygens (including phenoxy) is 1. The van der Waals surface area contributed by atoms with Gasteiger partial charge in [-0.1, -0.05) is 54.4 Å². The van der Waals surface area contributed by atoms with E-state index >= 15 is 0 Å². The summed E-state index contributed by atoms with van der Waals surface area (Å²) < 4.78 is 34.8. The van der Waals surface area contributed by atoms with Crippen LogP contribution in [0.1, 0.15) is 39.7 Å². The number of sulfonamides is 1. The Morgan fingerprint density at radius 2 is 1.49 bits per heavy atom. The molecule has 3 aromatic carbocycles. The molecule has 220 valence electrons. The average Bonchev–Trinajstić information content (AvgIpc) is 2.95. The molecule has 11 heteroatoms. The van der Waals surface area contributed by atoms with E-state index in [0.29, 0.717) is 22.2 Å². The Morgan fingerprint density at radius 3 is 2.07 bits per heavy atom. The molecular formula is C30H35Cl2N3O5S. The molecule has 2 amide bonds. The van der Waals surface area contributed by atoms with Crippen LogP contribution in [0.4, 0.5) is 5.69 Å². The summed E-state index contributed by atoms with van der Waals surface area (Å²) in [7, 11) is -4.26. The van der Waals surface area contributed by atoms with Gasteiger partial charge in [0.05, 0.1) is 17.2 Å². The first-order chi connectivity index (χ1) is 19.5. The molecule has 0 saturated heterocycles. The van der Waals surface area contributed by atoms with Gasteiger partial charge in [0, 0.05) is 22.6 Å². The molecule has 0 saturated carbocycles. The Kier molecular flexibility index (Phi) is 11.5. The van der Waals surface area contributed by atoms with Crippen molar-refractivity contribution in [1.29, 1.82) is 0 Å². The highest BCUT2D eigenvalue weighted by Gasteiger charge is 2.34. The molecule has 0 fully saturated rings. The lowest BCUT2D eigenvalue weighted by Gasteiger charge is -2.33. The van der Waals surface area contributed by atoms with E-state index in [9.17, 15) is 18.0 Å². The largest absolute Gasteiger partial charge is 0.492 e. The molecule has 0 heterocycles. The number of anilines is 1. The van der Waals surface area contributed by atoms with Gasteiger partial charge in [0.15, 0.2) is 0 Å². The number of hydrogen-bond acceptors (Lipinski definition) is 5. The highest BCUT2D eigenvalue weighted by molar-refractivity contribution is 7.92. The molecule has 0 aliphatic rings. The lowest BCUT2D eigenvalue weighted by Crippen LogP contribution is -2.52. The van der Waals surface area contributed by atoms with E-state index in [4.69, 9.17) is 27.9 Å². The molecule has 8 nitrogen and oxygen atoms in total. The Bertz CT molecular complexity index is 1430. The standard InChI is InChI=1S/C30H35Cl2N3O5S/c1-5-21(3)33-30(37)22(4)34(19-23-11-13-24(31)14-12-23)29(36)20-35(27-9-7-8-10-28(27)40-6-2)41(38,39)26-17-15-25(32)16-18-26/h7-18,21-22H,5-6,19-20H2,1-4H3,(H,33,37). The normalized spacial score (nSPS) is 12.7.